The van der Waals surface area contributed by atoms with Gasteiger partial charge in [0.05, 0.1) is 35.4 Å². The molecule has 1 aliphatic rings. The summed E-state index contributed by atoms with van der Waals surface area (Å²) in [4.78, 5) is 44.7. The molecule has 198 valence electrons. The van der Waals surface area contributed by atoms with Crippen molar-refractivity contribution in [3.63, 3.8) is 0 Å². The van der Waals surface area contributed by atoms with E-state index in [1.54, 1.807) is 24.0 Å². The number of aromatic nitrogens is 8. The highest BCUT2D eigenvalue weighted by molar-refractivity contribution is 7.91. The van der Waals surface area contributed by atoms with Crippen LogP contribution in [0.15, 0.2) is 34.6 Å². The summed E-state index contributed by atoms with van der Waals surface area (Å²) in [5.41, 5.74) is 3.12. The molecule has 5 rings (SSSR count). The number of sulfone groups is 1. The fourth-order valence-corrected chi connectivity index (χ4v) is 4.95. The molecule has 0 bridgehead atoms. The molecule has 4 aromatic rings. The maximum absolute atomic E-state index is 13.6. The molecule has 13 heteroatoms. The molecular formula is C25H29N9O3S. The first-order valence-corrected chi connectivity index (χ1v) is 14.3. The van der Waals surface area contributed by atoms with E-state index in [9.17, 15) is 13.2 Å². The minimum atomic E-state index is -3.39. The lowest BCUT2D eigenvalue weighted by Gasteiger charge is -2.18. The quantitative estimate of drug-likeness (QED) is 0.336. The standard InChI is InChI=1S/C25H29N9O3S/c1-5-14(3)34-24-18(11-28-22(33-24)20-15(4)30-13-31-21(20)16-7-8-16)32-23(25(34)35)29-12-19-26-9-17(10-27-19)38(36,37)6-2/h9-11,13-14,16H,5-8,12H2,1-4H3,(H,29,32). The van der Waals surface area contributed by atoms with Crippen molar-refractivity contribution in [2.24, 2.45) is 0 Å². The van der Waals surface area contributed by atoms with Gasteiger partial charge in [0.15, 0.2) is 27.1 Å². The first-order valence-electron chi connectivity index (χ1n) is 12.6. The second-order valence-corrected chi connectivity index (χ2v) is 11.7. The molecule has 0 aromatic carbocycles. The van der Waals surface area contributed by atoms with Crippen LogP contribution in [0.4, 0.5) is 5.82 Å². The summed E-state index contributed by atoms with van der Waals surface area (Å²) in [5.74, 6) is 1.26. The van der Waals surface area contributed by atoms with E-state index in [4.69, 9.17) is 4.98 Å². The largest absolute Gasteiger partial charge is 0.358 e. The molecule has 1 unspecified atom stereocenters. The average molecular weight is 536 g/mol. The Hall–Kier alpha value is -3.87. The Bertz CT molecular complexity index is 1670. The summed E-state index contributed by atoms with van der Waals surface area (Å²) in [7, 11) is -3.39. The van der Waals surface area contributed by atoms with Gasteiger partial charge in [-0.25, -0.2) is 43.3 Å². The number of nitrogens with zero attached hydrogens (tertiary/aromatic N) is 8. The van der Waals surface area contributed by atoms with Crippen molar-refractivity contribution in [2.75, 3.05) is 11.1 Å². The Labute approximate surface area is 220 Å². The van der Waals surface area contributed by atoms with Crippen LogP contribution in [-0.4, -0.2) is 53.6 Å². The topological polar surface area (TPSA) is 158 Å². The summed E-state index contributed by atoms with van der Waals surface area (Å²) in [6.07, 6.45) is 8.59. The van der Waals surface area contributed by atoms with Gasteiger partial charge in [-0.3, -0.25) is 9.36 Å². The number of rotatable bonds is 9. The lowest BCUT2D eigenvalue weighted by Crippen LogP contribution is -2.28. The van der Waals surface area contributed by atoms with Crippen LogP contribution < -0.4 is 10.9 Å². The number of aryl methyl sites for hydroxylation is 1. The fraction of sp³-hybridized carbons (Fsp3) is 0.440. The molecule has 0 spiro atoms. The zero-order valence-electron chi connectivity index (χ0n) is 21.7. The van der Waals surface area contributed by atoms with Gasteiger partial charge in [-0.15, -0.1) is 0 Å². The van der Waals surface area contributed by atoms with Crippen molar-refractivity contribution in [1.29, 1.82) is 0 Å². The van der Waals surface area contributed by atoms with Crippen molar-refractivity contribution in [3.05, 3.63) is 52.5 Å². The highest BCUT2D eigenvalue weighted by atomic mass is 32.2. The number of fused-ring (bicyclic) bond motifs is 1. The van der Waals surface area contributed by atoms with Crippen molar-refractivity contribution in [3.8, 4) is 11.4 Å². The Morgan fingerprint density at radius 2 is 1.79 bits per heavy atom. The highest BCUT2D eigenvalue weighted by Gasteiger charge is 2.30. The molecule has 1 N–H and O–H groups in total. The van der Waals surface area contributed by atoms with E-state index in [1.807, 2.05) is 20.8 Å². The van der Waals surface area contributed by atoms with Crippen LogP contribution in [0, 0.1) is 6.92 Å². The summed E-state index contributed by atoms with van der Waals surface area (Å²) in [5, 5.41) is 3.01. The second kappa shape index (κ2) is 10.1. The number of nitrogens with one attached hydrogen (secondary N) is 1. The van der Waals surface area contributed by atoms with Crippen LogP contribution in [0.3, 0.4) is 0 Å². The molecule has 1 fully saturated rings. The lowest BCUT2D eigenvalue weighted by molar-refractivity contribution is 0.526. The van der Waals surface area contributed by atoms with E-state index < -0.39 is 9.84 Å². The van der Waals surface area contributed by atoms with Gasteiger partial charge in [0.2, 0.25) is 0 Å². The predicted molar refractivity (Wildman–Crippen MR) is 141 cm³/mol. The molecule has 0 radical (unpaired) electrons. The van der Waals surface area contributed by atoms with Gasteiger partial charge in [-0.1, -0.05) is 13.8 Å². The molecule has 0 amide bonds. The Morgan fingerprint density at radius 1 is 1.05 bits per heavy atom. The van der Waals surface area contributed by atoms with E-state index in [1.165, 1.54) is 12.4 Å². The van der Waals surface area contributed by atoms with E-state index in [0.29, 0.717) is 35.2 Å². The van der Waals surface area contributed by atoms with Crippen LogP contribution in [0.2, 0.25) is 0 Å². The van der Waals surface area contributed by atoms with Crippen molar-refractivity contribution < 1.29 is 8.42 Å². The first kappa shape index (κ1) is 25.8. The molecule has 4 heterocycles. The molecule has 12 nitrogen and oxygen atoms in total. The lowest BCUT2D eigenvalue weighted by atomic mass is 10.1. The summed E-state index contributed by atoms with van der Waals surface area (Å²) < 4.78 is 25.6. The molecule has 1 aliphatic carbocycles. The van der Waals surface area contributed by atoms with Gasteiger partial charge in [0, 0.05) is 24.4 Å². The van der Waals surface area contributed by atoms with Crippen LogP contribution in [0.1, 0.15) is 69.2 Å². The third-order valence-corrected chi connectivity index (χ3v) is 8.44. The predicted octanol–water partition coefficient (Wildman–Crippen LogP) is 3.00. The van der Waals surface area contributed by atoms with Crippen molar-refractivity contribution in [2.45, 2.75) is 70.4 Å². The Balaban J connectivity index is 1.53. The van der Waals surface area contributed by atoms with Crippen LogP contribution in [0.5, 0.6) is 0 Å². The monoisotopic (exact) mass is 535 g/mol. The third kappa shape index (κ3) is 4.85. The van der Waals surface area contributed by atoms with Gasteiger partial charge >= 0.3 is 0 Å². The van der Waals surface area contributed by atoms with Gasteiger partial charge in [-0.2, -0.15) is 0 Å². The zero-order valence-corrected chi connectivity index (χ0v) is 22.5. The molecule has 1 atom stereocenters. The first-order chi connectivity index (χ1) is 18.2. The molecule has 38 heavy (non-hydrogen) atoms. The summed E-state index contributed by atoms with van der Waals surface area (Å²) in [6.45, 7) is 7.51. The van der Waals surface area contributed by atoms with Crippen LogP contribution in [-0.2, 0) is 16.4 Å². The van der Waals surface area contributed by atoms with E-state index in [0.717, 1.165) is 29.8 Å². The van der Waals surface area contributed by atoms with Crippen molar-refractivity contribution in [1.82, 2.24) is 39.5 Å². The Morgan fingerprint density at radius 3 is 2.45 bits per heavy atom. The minimum absolute atomic E-state index is 0.0351. The number of hydrogen-bond acceptors (Lipinski definition) is 11. The van der Waals surface area contributed by atoms with Crippen LogP contribution in [0.25, 0.3) is 22.6 Å². The number of anilines is 1. The number of hydrogen-bond donors (Lipinski definition) is 1. The maximum atomic E-state index is 13.6. The maximum Gasteiger partial charge on any atom is 0.295 e. The van der Waals surface area contributed by atoms with Crippen molar-refractivity contribution >= 4 is 26.8 Å². The average Bonchev–Trinajstić information content (AvgIpc) is 3.77. The summed E-state index contributed by atoms with van der Waals surface area (Å²) >= 11 is 0. The molecule has 4 aromatic heterocycles. The van der Waals surface area contributed by atoms with Crippen LogP contribution >= 0.6 is 0 Å². The van der Waals surface area contributed by atoms with Gasteiger partial charge in [-0.05, 0) is 33.1 Å². The SMILES string of the molecule is CCC(C)n1c(=O)c(NCc2ncc(S(=O)(=O)CC)cn2)nc2cnc(-c3c(C)ncnc3C3CC3)nc21. The van der Waals surface area contributed by atoms with Gasteiger partial charge < -0.3 is 5.32 Å². The minimum Gasteiger partial charge on any atom is -0.358 e. The van der Waals surface area contributed by atoms with E-state index >= 15 is 0 Å². The molecule has 0 aliphatic heterocycles. The fourth-order valence-electron chi connectivity index (χ4n) is 4.19. The normalized spacial score (nSPS) is 14.5. The van der Waals surface area contributed by atoms with E-state index in [2.05, 4.69) is 35.2 Å². The Kier molecular flexibility index (Phi) is 6.86. The molecule has 0 saturated heterocycles. The zero-order chi connectivity index (χ0) is 27.0. The van der Waals surface area contributed by atoms with E-state index in [-0.39, 0.29) is 34.6 Å². The highest BCUT2D eigenvalue weighted by Crippen LogP contribution is 2.43. The third-order valence-electron chi connectivity index (χ3n) is 6.75. The van der Waals surface area contributed by atoms with Gasteiger partial charge in [0.25, 0.3) is 5.56 Å². The smallest absolute Gasteiger partial charge is 0.295 e. The molecule has 1 saturated carbocycles. The summed E-state index contributed by atoms with van der Waals surface area (Å²) in [6, 6.07) is -0.151. The molecular weight excluding hydrogens is 506 g/mol. The second-order valence-electron chi connectivity index (χ2n) is 9.38. The van der Waals surface area contributed by atoms with Gasteiger partial charge in [0.1, 0.15) is 22.6 Å².